The topological polar surface area (TPSA) is 118 Å². The highest BCUT2D eigenvalue weighted by atomic mass is 35.5. The number of carbonyl (C=O) groups is 4. The Morgan fingerprint density at radius 1 is 1.15 bits per heavy atom. The number of benzene rings is 1. The Labute approximate surface area is 248 Å². The van der Waals surface area contributed by atoms with Crippen molar-refractivity contribution in [2.45, 2.75) is 69.7 Å². The van der Waals surface area contributed by atoms with Gasteiger partial charge >= 0.3 is 11.9 Å². The fourth-order valence-electron chi connectivity index (χ4n) is 5.60. The maximum absolute atomic E-state index is 13.2. The molecule has 0 bridgehead atoms. The minimum Gasteiger partial charge on any atom is -0.427 e. The molecule has 3 saturated heterocycles. The molecule has 1 N–H and O–H groups in total. The number of piperidine rings is 1. The van der Waals surface area contributed by atoms with Gasteiger partial charge in [0.25, 0.3) is 0 Å². The second kappa shape index (κ2) is 11.0. The molecule has 3 atom stereocenters. The van der Waals surface area contributed by atoms with E-state index >= 15 is 0 Å². The van der Waals surface area contributed by atoms with E-state index in [-0.39, 0.29) is 23.1 Å². The van der Waals surface area contributed by atoms with Crippen LogP contribution in [0.25, 0.3) is 10.9 Å². The Kier molecular flexibility index (Phi) is 7.88. The standard InChI is InChI=1S/C29H35ClN4O6S/c1-28(2,3)27(38)40-15-39-26(37)22-29(4,5)41-25-21(24(36)34(22)25)32-23(35)16-9-12-33(13-10-16)20-8-11-31-19-14-17(30)6-7-18(19)20/h6-8,11,14,16,21-22,25H,9-10,12-13,15H2,1-5H3,(H,32,35)/t21-,22+,25-/m1/s1. The molecule has 0 radical (unpaired) electrons. The van der Waals surface area contributed by atoms with Crippen molar-refractivity contribution in [3.05, 3.63) is 35.5 Å². The van der Waals surface area contributed by atoms with Crippen LogP contribution in [0, 0.1) is 11.3 Å². The molecule has 10 nitrogen and oxygen atoms in total. The van der Waals surface area contributed by atoms with Crippen molar-refractivity contribution in [2.75, 3.05) is 24.8 Å². The number of pyridine rings is 1. The number of hydrogen-bond acceptors (Lipinski definition) is 9. The average molecular weight is 603 g/mol. The van der Waals surface area contributed by atoms with Crippen LogP contribution < -0.4 is 10.2 Å². The highest BCUT2D eigenvalue weighted by Gasteiger charge is 2.64. The van der Waals surface area contributed by atoms with Gasteiger partial charge in [0.05, 0.1) is 10.9 Å². The number of halogens is 1. The molecule has 2 amide bonds. The van der Waals surface area contributed by atoms with Crippen molar-refractivity contribution in [1.82, 2.24) is 15.2 Å². The highest BCUT2D eigenvalue weighted by molar-refractivity contribution is 8.01. The van der Waals surface area contributed by atoms with Crippen LogP contribution in [0.3, 0.4) is 0 Å². The summed E-state index contributed by atoms with van der Waals surface area (Å²) in [6.07, 6.45) is 3.07. The Morgan fingerprint density at radius 2 is 1.85 bits per heavy atom. The van der Waals surface area contributed by atoms with Gasteiger partial charge in [-0.2, -0.15) is 0 Å². The second-order valence-corrected chi connectivity index (χ2v) is 14.5. The minimum atomic E-state index is -0.847. The molecular formula is C29H35ClN4O6S. The lowest BCUT2D eigenvalue weighted by molar-refractivity contribution is -0.180. The van der Waals surface area contributed by atoms with Gasteiger partial charge in [-0.25, -0.2) is 4.79 Å². The molecule has 41 heavy (non-hydrogen) atoms. The first-order chi connectivity index (χ1) is 19.3. The van der Waals surface area contributed by atoms with Crippen LogP contribution in [0.15, 0.2) is 30.5 Å². The Balaban J connectivity index is 1.16. The summed E-state index contributed by atoms with van der Waals surface area (Å²) in [7, 11) is 0. The molecule has 5 rings (SSSR count). The molecule has 0 aliphatic carbocycles. The van der Waals surface area contributed by atoms with Crippen LogP contribution >= 0.6 is 23.4 Å². The van der Waals surface area contributed by atoms with Crippen molar-refractivity contribution < 1.29 is 28.7 Å². The van der Waals surface area contributed by atoms with E-state index in [0.29, 0.717) is 31.0 Å². The number of nitrogens with one attached hydrogen (secondary N) is 1. The first kappa shape index (κ1) is 29.4. The van der Waals surface area contributed by atoms with E-state index in [1.54, 1.807) is 27.0 Å². The molecule has 220 valence electrons. The summed E-state index contributed by atoms with van der Waals surface area (Å²) in [5.41, 5.74) is 1.16. The maximum Gasteiger partial charge on any atom is 0.333 e. The van der Waals surface area contributed by atoms with Gasteiger partial charge in [-0.1, -0.05) is 11.6 Å². The van der Waals surface area contributed by atoms with E-state index in [4.69, 9.17) is 21.1 Å². The highest BCUT2D eigenvalue weighted by Crippen LogP contribution is 2.51. The number of aromatic nitrogens is 1. The van der Waals surface area contributed by atoms with Gasteiger partial charge in [0.2, 0.25) is 18.6 Å². The molecule has 0 unspecified atom stereocenters. The number of anilines is 1. The smallest absolute Gasteiger partial charge is 0.333 e. The summed E-state index contributed by atoms with van der Waals surface area (Å²) in [6, 6.07) is 6.09. The number of fused-ring (bicyclic) bond motifs is 2. The summed E-state index contributed by atoms with van der Waals surface area (Å²) < 4.78 is 9.64. The van der Waals surface area contributed by atoms with Crippen LogP contribution in [-0.2, 0) is 28.7 Å². The monoisotopic (exact) mass is 602 g/mol. The maximum atomic E-state index is 13.2. The van der Waals surface area contributed by atoms with Gasteiger partial charge in [-0.15, -0.1) is 11.8 Å². The zero-order valence-electron chi connectivity index (χ0n) is 23.8. The summed E-state index contributed by atoms with van der Waals surface area (Å²) in [6.45, 7) is 9.72. The number of carbonyl (C=O) groups excluding carboxylic acids is 4. The van der Waals surface area contributed by atoms with Gasteiger partial charge in [-0.3, -0.25) is 19.4 Å². The first-order valence-corrected chi connectivity index (χ1v) is 15.0. The van der Waals surface area contributed by atoms with Crippen LogP contribution in [-0.4, -0.2) is 75.7 Å². The van der Waals surface area contributed by atoms with Crippen molar-refractivity contribution in [2.24, 2.45) is 11.3 Å². The van der Waals surface area contributed by atoms with Crippen molar-refractivity contribution in [3.8, 4) is 0 Å². The molecule has 4 heterocycles. The van der Waals surface area contributed by atoms with Crippen LogP contribution in [0.1, 0.15) is 47.5 Å². The number of rotatable bonds is 6. The van der Waals surface area contributed by atoms with E-state index in [2.05, 4.69) is 15.2 Å². The Bertz CT molecular complexity index is 1390. The number of thioether (sulfide) groups is 1. The van der Waals surface area contributed by atoms with Crippen molar-refractivity contribution in [3.63, 3.8) is 0 Å². The van der Waals surface area contributed by atoms with Gasteiger partial charge in [0.1, 0.15) is 17.5 Å². The number of esters is 2. The second-order valence-electron chi connectivity index (χ2n) is 12.3. The van der Waals surface area contributed by atoms with Crippen LogP contribution in [0.2, 0.25) is 5.02 Å². The predicted molar refractivity (Wildman–Crippen MR) is 156 cm³/mol. The molecule has 0 spiro atoms. The molecule has 3 fully saturated rings. The molecule has 1 aromatic carbocycles. The molecule has 0 saturated carbocycles. The van der Waals surface area contributed by atoms with E-state index in [1.807, 2.05) is 38.1 Å². The molecule has 2 aromatic rings. The third-order valence-electron chi connectivity index (χ3n) is 7.85. The Hall–Kier alpha value is -3.05. The quantitative estimate of drug-likeness (QED) is 0.300. The lowest BCUT2D eigenvalue weighted by atomic mass is 9.93. The SMILES string of the molecule is CC(C)(C)C(=O)OCOC(=O)[C@@H]1N2C(=O)[C@@H](NC(=O)C3CCN(c4ccnc5cc(Cl)ccc45)CC3)[C@H]2SC1(C)C. The van der Waals surface area contributed by atoms with Crippen molar-refractivity contribution in [1.29, 1.82) is 0 Å². The summed E-state index contributed by atoms with van der Waals surface area (Å²) in [4.78, 5) is 59.4. The van der Waals surface area contributed by atoms with Gasteiger partial charge in [-0.05, 0) is 71.7 Å². The predicted octanol–water partition coefficient (Wildman–Crippen LogP) is 3.74. The first-order valence-electron chi connectivity index (χ1n) is 13.7. The average Bonchev–Trinajstić information content (AvgIpc) is 3.18. The van der Waals surface area contributed by atoms with Gasteiger partial charge in [0, 0.05) is 46.0 Å². The summed E-state index contributed by atoms with van der Waals surface area (Å²) in [5.74, 6) is -1.80. The zero-order valence-corrected chi connectivity index (χ0v) is 25.4. The summed E-state index contributed by atoms with van der Waals surface area (Å²) >= 11 is 7.59. The van der Waals surface area contributed by atoms with Crippen LogP contribution in [0.4, 0.5) is 5.69 Å². The van der Waals surface area contributed by atoms with Crippen molar-refractivity contribution >= 4 is 63.7 Å². The van der Waals surface area contributed by atoms with E-state index in [1.165, 1.54) is 16.7 Å². The van der Waals surface area contributed by atoms with Gasteiger partial charge in [0.15, 0.2) is 0 Å². The van der Waals surface area contributed by atoms with E-state index in [9.17, 15) is 19.2 Å². The fraction of sp³-hybridized carbons (Fsp3) is 0.552. The van der Waals surface area contributed by atoms with E-state index < -0.39 is 41.0 Å². The molecular weight excluding hydrogens is 568 g/mol. The molecule has 1 aromatic heterocycles. The summed E-state index contributed by atoms with van der Waals surface area (Å²) in [5, 5.41) is 4.23. The lowest BCUT2D eigenvalue weighted by Gasteiger charge is -2.44. The largest absolute Gasteiger partial charge is 0.427 e. The van der Waals surface area contributed by atoms with Gasteiger partial charge < -0.3 is 24.6 Å². The Morgan fingerprint density at radius 3 is 2.54 bits per heavy atom. The minimum absolute atomic E-state index is 0.146. The number of ether oxygens (including phenoxy) is 2. The molecule has 12 heteroatoms. The normalized spacial score (nSPS) is 24.0. The number of amides is 2. The number of nitrogens with zero attached hydrogens (tertiary/aromatic N) is 3. The zero-order chi connectivity index (χ0) is 29.7. The third kappa shape index (κ3) is 5.70. The third-order valence-corrected chi connectivity index (χ3v) is 9.66. The number of hydrogen-bond donors (Lipinski definition) is 1. The van der Waals surface area contributed by atoms with E-state index in [0.717, 1.165) is 16.6 Å². The van der Waals surface area contributed by atoms with Crippen LogP contribution in [0.5, 0.6) is 0 Å². The fourth-order valence-corrected chi connectivity index (χ4v) is 7.39. The molecule has 3 aliphatic heterocycles. The lowest BCUT2D eigenvalue weighted by Crippen LogP contribution is -2.71. The number of β-lactam (4-membered cyclic amide) rings is 1. The molecule has 3 aliphatic rings.